The molecule has 0 aliphatic carbocycles. The molecule has 6 heteroatoms. The van der Waals surface area contributed by atoms with Gasteiger partial charge in [-0.15, -0.1) is 10.2 Å². The first kappa shape index (κ1) is 8.61. The standard InChI is InChI=1S/C8H8N4O2/c1-2-14-8(13)6-3-7-11-9-5-12(7)10-4-6/h3-5H,2H2,1H3. The number of rotatable bonds is 2. The van der Waals surface area contributed by atoms with Gasteiger partial charge in [-0.25, -0.2) is 9.31 Å². The summed E-state index contributed by atoms with van der Waals surface area (Å²) in [6, 6.07) is 1.58. The van der Waals surface area contributed by atoms with E-state index in [1.165, 1.54) is 17.0 Å². The minimum atomic E-state index is -0.398. The van der Waals surface area contributed by atoms with Gasteiger partial charge >= 0.3 is 5.97 Å². The number of hydrogen-bond donors (Lipinski definition) is 0. The number of hydrogen-bond acceptors (Lipinski definition) is 5. The summed E-state index contributed by atoms with van der Waals surface area (Å²) in [6.07, 6.45) is 2.89. The zero-order valence-electron chi connectivity index (χ0n) is 7.54. The molecule has 0 unspecified atom stereocenters. The molecule has 6 nitrogen and oxygen atoms in total. The molecule has 0 amide bonds. The molecule has 2 aromatic heterocycles. The quantitative estimate of drug-likeness (QED) is 0.640. The molecular formula is C8H8N4O2. The molecule has 0 aromatic carbocycles. The lowest BCUT2D eigenvalue weighted by Crippen LogP contribution is -2.06. The lowest BCUT2D eigenvalue weighted by Gasteiger charge is -2.00. The highest BCUT2D eigenvalue weighted by Gasteiger charge is 2.08. The lowest BCUT2D eigenvalue weighted by molar-refractivity contribution is 0.0525. The summed E-state index contributed by atoms with van der Waals surface area (Å²) in [7, 11) is 0. The normalized spacial score (nSPS) is 10.4. The summed E-state index contributed by atoms with van der Waals surface area (Å²) in [5, 5.41) is 11.3. The molecule has 0 saturated carbocycles. The maximum atomic E-state index is 11.3. The fourth-order valence-electron chi connectivity index (χ4n) is 1.05. The first-order valence-electron chi connectivity index (χ1n) is 4.14. The van der Waals surface area contributed by atoms with E-state index >= 15 is 0 Å². The third kappa shape index (κ3) is 1.41. The van der Waals surface area contributed by atoms with Crippen LogP contribution >= 0.6 is 0 Å². The van der Waals surface area contributed by atoms with Gasteiger partial charge in [0.05, 0.1) is 18.4 Å². The van der Waals surface area contributed by atoms with Crippen molar-refractivity contribution in [1.29, 1.82) is 0 Å². The number of carbonyl (C=O) groups excluding carboxylic acids is 1. The topological polar surface area (TPSA) is 69.4 Å². The summed E-state index contributed by atoms with van der Waals surface area (Å²) in [4.78, 5) is 11.3. The molecule has 0 aliphatic heterocycles. The average molecular weight is 192 g/mol. The third-order valence-electron chi connectivity index (χ3n) is 1.67. The molecule has 2 rings (SSSR count). The summed E-state index contributed by atoms with van der Waals surface area (Å²) < 4.78 is 6.29. The van der Waals surface area contributed by atoms with Gasteiger partial charge in [0.15, 0.2) is 5.65 Å². The number of aromatic nitrogens is 4. The van der Waals surface area contributed by atoms with Crippen LogP contribution in [0.1, 0.15) is 17.3 Å². The second-order valence-corrected chi connectivity index (χ2v) is 2.60. The molecule has 14 heavy (non-hydrogen) atoms. The van der Waals surface area contributed by atoms with Crippen molar-refractivity contribution >= 4 is 11.6 Å². The van der Waals surface area contributed by atoms with Crippen LogP contribution in [0.5, 0.6) is 0 Å². The van der Waals surface area contributed by atoms with E-state index in [9.17, 15) is 4.79 Å². The Morgan fingerprint density at radius 3 is 3.29 bits per heavy atom. The van der Waals surface area contributed by atoms with Gasteiger partial charge in [0.2, 0.25) is 0 Å². The van der Waals surface area contributed by atoms with Crippen LogP contribution in [0.4, 0.5) is 0 Å². The molecule has 0 spiro atoms. The van der Waals surface area contributed by atoms with Crippen LogP contribution in [-0.4, -0.2) is 32.4 Å². The highest BCUT2D eigenvalue weighted by molar-refractivity contribution is 5.89. The van der Waals surface area contributed by atoms with Gasteiger partial charge < -0.3 is 4.74 Å². The molecule has 2 aromatic rings. The summed E-state index contributed by atoms with van der Waals surface area (Å²) >= 11 is 0. The monoisotopic (exact) mass is 192 g/mol. The number of ether oxygens (including phenoxy) is 1. The Morgan fingerprint density at radius 1 is 1.64 bits per heavy atom. The van der Waals surface area contributed by atoms with Gasteiger partial charge in [-0.3, -0.25) is 0 Å². The molecule has 0 atom stereocenters. The van der Waals surface area contributed by atoms with Crippen molar-refractivity contribution in [2.24, 2.45) is 0 Å². The Kier molecular flexibility index (Phi) is 2.10. The van der Waals surface area contributed by atoms with Crippen LogP contribution in [0.15, 0.2) is 18.6 Å². The van der Waals surface area contributed by atoms with Crippen LogP contribution in [-0.2, 0) is 4.74 Å². The number of fused-ring (bicyclic) bond motifs is 1. The first-order valence-corrected chi connectivity index (χ1v) is 4.14. The van der Waals surface area contributed by atoms with Crippen molar-refractivity contribution in [3.8, 4) is 0 Å². The summed E-state index contributed by atoms with van der Waals surface area (Å²) in [5.41, 5.74) is 0.905. The summed E-state index contributed by atoms with van der Waals surface area (Å²) in [5.74, 6) is -0.398. The molecule has 0 saturated heterocycles. The van der Waals surface area contributed by atoms with Crippen LogP contribution in [0, 0.1) is 0 Å². The minimum Gasteiger partial charge on any atom is -0.462 e. The minimum absolute atomic E-state index is 0.344. The van der Waals surface area contributed by atoms with Crippen molar-refractivity contribution in [1.82, 2.24) is 19.8 Å². The number of esters is 1. The van der Waals surface area contributed by atoms with Gasteiger partial charge in [0, 0.05) is 6.07 Å². The van der Waals surface area contributed by atoms with Gasteiger partial charge in [-0.05, 0) is 6.92 Å². The van der Waals surface area contributed by atoms with Gasteiger partial charge in [-0.2, -0.15) is 5.10 Å². The molecule has 0 fully saturated rings. The molecule has 0 aliphatic rings. The zero-order chi connectivity index (χ0) is 9.97. The SMILES string of the molecule is CCOC(=O)c1cnn2cnnc2c1. The van der Waals surface area contributed by atoms with Gasteiger partial charge in [0.25, 0.3) is 0 Å². The molecular weight excluding hydrogens is 184 g/mol. The molecule has 0 N–H and O–H groups in total. The van der Waals surface area contributed by atoms with Crippen molar-refractivity contribution < 1.29 is 9.53 Å². The van der Waals surface area contributed by atoms with E-state index in [0.29, 0.717) is 17.8 Å². The van der Waals surface area contributed by atoms with Crippen molar-refractivity contribution in [2.75, 3.05) is 6.61 Å². The van der Waals surface area contributed by atoms with Gasteiger partial charge in [-0.1, -0.05) is 0 Å². The van der Waals surface area contributed by atoms with E-state index in [4.69, 9.17) is 4.74 Å². The van der Waals surface area contributed by atoms with Gasteiger partial charge in [0.1, 0.15) is 6.33 Å². The van der Waals surface area contributed by atoms with Crippen molar-refractivity contribution in [2.45, 2.75) is 6.92 Å². The fourth-order valence-corrected chi connectivity index (χ4v) is 1.05. The van der Waals surface area contributed by atoms with Crippen LogP contribution in [0.3, 0.4) is 0 Å². The molecule has 0 bridgehead atoms. The maximum absolute atomic E-state index is 11.3. The third-order valence-corrected chi connectivity index (χ3v) is 1.67. The van der Waals surface area contributed by atoms with E-state index in [1.54, 1.807) is 13.0 Å². The smallest absolute Gasteiger partial charge is 0.339 e. The zero-order valence-corrected chi connectivity index (χ0v) is 7.54. The van der Waals surface area contributed by atoms with E-state index in [0.717, 1.165) is 0 Å². The van der Waals surface area contributed by atoms with E-state index in [-0.39, 0.29) is 0 Å². The van der Waals surface area contributed by atoms with Crippen molar-refractivity contribution in [3.05, 3.63) is 24.2 Å². The fraction of sp³-hybridized carbons (Fsp3) is 0.250. The second-order valence-electron chi connectivity index (χ2n) is 2.60. The maximum Gasteiger partial charge on any atom is 0.339 e. The first-order chi connectivity index (χ1) is 6.81. The number of carbonyl (C=O) groups is 1. The van der Waals surface area contributed by atoms with E-state index in [1.807, 2.05) is 0 Å². The summed E-state index contributed by atoms with van der Waals surface area (Å²) in [6.45, 7) is 2.09. The Hall–Kier alpha value is -1.98. The Labute approximate surface area is 79.5 Å². The largest absolute Gasteiger partial charge is 0.462 e. The highest BCUT2D eigenvalue weighted by atomic mass is 16.5. The van der Waals surface area contributed by atoms with Crippen LogP contribution < -0.4 is 0 Å². The molecule has 0 radical (unpaired) electrons. The van der Waals surface area contributed by atoms with Crippen LogP contribution in [0.2, 0.25) is 0 Å². The van der Waals surface area contributed by atoms with Crippen molar-refractivity contribution in [3.63, 3.8) is 0 Å². The predicted molar refractivity (Wildman–Crippen MR) is 46.7 cm³/mol. The average Bonchev–Trinajstić information content (AvgIpc) is 2.64. The predicted octanol–water partition coefficient (Wildman–Crippen LogP) is 0.301. The molecule has 72 valence electrons. The molecule has 2 heterocycles. The Morgan fingerprint density at radius 2 is 2.50 bits per heavy atom. The lowest BCUT2D eigenvalue weighted by atomic mass is 10.3. The Balaban J connectivity index is 2.38. The van der Waals surface area contributed by atoms with E-state index < -0.39 is 5.97 Å². The van der Waals surface area contributed by atoms with E-state index in [2.05, 4.69) is 15.3 Å². The second kappa shape index (κ2) is 3.41. The van der Waals surface area contributed by atoms with Crippen LogP contribution in [0.25, 0.3) is 5.65 Å². The highest BCUT2D eigenvalue weighted by Crippen LogP contribution is 2.03. The number of nitrogens with zero attached hydrogens (tertiary/aromatic N) is 4. The Bertz CT molecular complexity index is 465.